The predicted molar refractivity (Wildman–Crippen MR) is 61.1 cm³/mol. The molecule has 0 spiro atoms. The molecule has 19 heavy (non-hydrogen) atoms. The largest absolute Gasteiger partial charge is 0.436 e. The van der Waals surface area contributed by atoms with Crippen LogP contribution in [0.2, 0.25) is 10.0 Å². The predicted octanol–water partition coefficient (Wildman–Crippen LogP) is 3.46. The summed E-state index contributed by atoms with van der Waals surface area (Å²) in [5.74, 6) is 0. The quantitative estimate of drug-likeness (QED) is 0.810. The van der Waals surface area contributed by atoms with Gasteiger partial charge in [-0.3, -0.25) is 0 Å². The summed E-state index contributed by atoms with van der Waals surface area (Å²) >= 11 is 11.4. The maximum absolute atomic E-state index is 12.9. The molecular weight excluding hydrogens is 304 g/mol. The summed E-state index contributed by atoms with van der Waals surface area (Å²) in [6.45, 7) is 0. The molecule has 0 aliphatic rings. The van der Waals surface area contributed by atoms with Gasteiger partial charge < -0.3 is 0 Å². The van der Waals surface area contributed by atoms with Gasteiger partial charge in [-0.1, -0.05) is 28.4 Å². The summed E-state index contributed by atoms with van der Waals surface area (Å²) < 4.78 is 39.2. The van der Waals surface area contributed by atoms with E-state index >= 15 is 0 Å². The van der Waals surface area contributed by atoms with Crippen molar-refractivity contribution >= 4 is 23.2 Å². The molecule has 1 heterocycles. The van der Waals surface area contributed by atoms with Crippen LogP contribution in [0.3, 0.4) is 0 Å². The van der Waals surface area contributed by atoms with Crippen LogP contribution in [-0.4, -0.2) is 15.0 Å². The summed E-state index contributed by atoms with van der Waals surface area (Å²) in [7, 11) is 0. The van der Waals surface area contributed by atoms with Gasteiger partial charge in [-0.25, -0.2) is 4.68 Å². The minimum atomic E-state index is -4.76. The van der Waals surface area contributed by atoms with Crippen LogP contribution in [0.4, 0.5) is 13.2 Å². The van der Waals surface area contributed by atoms with E-state index in [-0.39, 0.29) is 15.7 Å². The molecule has 9 heteroatoms. The highest BCUT2D eigenvalue weighted by molar-refractivity contribution is 6.42. The fourth-order valence-electron chi connectivity index (χ4n) is 1.41. The average molecular weight is 307 g/mol. The summed E-state index contributed by atoms with van der Waals surface area (Å²) in [6.07, 6.45) is -4.76. The zero-order valence-corrected chi connectivity index (χ0v) is 10.4. The number of rotatable bonds is 1. The Balaban J connectivity index is 2.67. The summed E-state index contributed by atoms with van der Waals surface area (Å²) in [5, 5.41) is 15.4. The van der Waals surface area contributed by atoms with Gasteiger partial charge in [0.25, 0.3) is 0 Å². The Bertz CT molecular complexity index is 672. The number of hydrogen-bond donors (Lipinski definition) is 0. The highest BCUT2D eigenvalue weighted by Gasteiger charge is 2.40. The number of benzene rings is 1. The lowest BCUT2D eigenvalue weighted by Gasteiger charge is -2.09. The molecule has 0 amide bonds. The second-order valence-electron chi connectivity index (χ2n) is 3.41. The molecule has 1 aromatic heterocycles. The minimum Gasteiger partial charge on any atom is -0.207 e. The number of halogens is 5. The van der Waals surface area contributed by atoms with Crippen LogP contribution in [0.25, 0.3) is 5.69 Å². The van der Waals surface area contributed by atoms with E-state index in [9.17, 15) is 13.2 Å². The first-order valence-corrected chi connectivity index (χ1v) is 5.48. The Kier molecular flexibility index (Phi) is 3.39. The first kappa shape index (κ1) is 13.6. The number of aromatic nitrogens is 3. The van der Waals surface area contributed by atoms with Crippen molar-refractivity contribution < 1.29 is 13.2 Å². The molecule has 0 bridgehead atoms. The van der Waals surface area contributed by atoms with Gasteiger partial charge in [0.1, 0.15) is 6.07 Å². The zero-order chi connectivity index (χ0) is 14.2. The number of hydrogen-bond acceptors (Lipinski definition) is 3. The van der Waals surface area contributed by atoms with E-state index in [2.05, 4.69) is 10.3 Å². The van der Waals surface area contributed by atoms with Crippen LogP contribution in [0, 0.1) is 11.3 Å². The Morgan fingerprint density at radius 2 is 1.89 bits per heavy atom. The summed E-state index contributed by atoms with van der Waals surface area (Å²) in [4.78, 5) is 0. The second-order valence-corrected chi connectivity index (χ2v) is 4.22. The molecule has 98 valence electrons. The first-order chi connectivity index (χ1) is 8.84. The Morgan fingerprint density at radius 1 is 1.21 bits per heavy atom. The fourth-order valence-corrected chi connectivity index (χ4v) is 1.70. The van der Waals surface area contributed by atoms with Gasteiger partial charge in [0, 0.05) is 0 Å². The van der Waals surface area contributed by atoms with Crippen molar-refractivity contribution in [3.63, 3.8) is 0 Å². The molecule has 2 rings (SSSR count). The third-order valence-corrected chi connectivity index (χ3v) is 2.93. The highest BCUT2D eigenvalue weighted by atomic mass is 35.5. The van der Waals surface area contributed by atoms with Gasteiger partial charge in [-0.05, 0) is 18.2 Å². The molecule has 0 radical (unpaired) electrons. The third kappa shape index (κ3) is 2.50. The SMILES string of the molecule is N#Cc1nnn(-c2ccc(Cl)c(Cl)c2)c1C(F)(F)F. The van der Waals surface area contributed by atoms with Crippen molar-refractivity contribution in [3.8, 4) is 11.8 Å². The summed E-state index contributed by atoms with van der Waals surface area (Å²) in [6, 6.07) is 5.17. The van der Waals surface area contributed by atoms with Gasteiger partial charge in [-0.15, -0.1) is 5.10 Å². The number of nitrogens with zero attached hydrogens (tertiary/aromatic N) is 4. The Labute approximate surface area is 115 Å². The Hall–Kier alpha value is -1.78. The molecule has 0 unspecified atom stereocenters. The van der Waals surface area contributed by atoms with E-state index in [4.69, 9.17) is 28.5 Å². The fraction of sp³-hybridized carbons (Fsp3) is 0.100. The van der Waals surface area contributed by atoms with Gasteiger partial charge in [-0.2, -0.15) is 18.4 Å². The maximum atomic E-state index is 12.9. The molecule has 0 fully saturated rings. The second kappa shape index (κ2) is 4.72. The van der Waals surface area contributed by atoms with Crippen molar-refractivity contribution in [1.82, 2.24) is 15.0 Å². The number of alkyl halides is 3. The van der Waals surface area contributed by atoms with Crippen molar-refractivity contribution in [2.24, 2.45) is 0 Å². The number of nitriles is 1. The van der Waals surface area contributed by atoms with Gasteiger partial charge >= 0.3 is 6.18 Å². The van der Waals surface area contributed by atoms with Crippen molar-refractivity contribution in [2.75, 3.05) is 0 Å². The van der Waals surface area contributed by atoms with Crippen molar-refractivity contribution in [2.45, 2.75) is 6.18 Å². The van der Waals surface area contributed by atoms with Crippen LogP contribution in [0.1, 0.15) is 11.4 Å². The van der Waals surface area contributed by atoms with Crippen molar-refractivity contribution in [1.29, 1.82) is 5.26 Å². The smallest absolute Gasteiger partial charge is 0.207 e. The molecule has 1 aromatic carbocycles. The van der Waals surface area contributed by atoms with Crippen LogP contribution in [0.5, 0.6) is 0 Å². The van der Waals surface area contributed by atoms with Crippen LogP contribution in [0.15, 0.2) is 18.2 Å². The van der Waals surface area contributed by atoms with E-state index in [0.717, 1.165) is 0 Å². The van der Waals surface area contributed by atoms with E-state index in [0.29, 0.717) is 4.68 Å². The maximum Gasteiger partial charge on any atom is 0.436 e. The summed E-state index contributed by atoms with van der Waals surface area (Å²) in [5.41, 5.74) is -2.05. The van der Waals surface area contributed by atoms with Gasteiger partial charge in [0.15, 0.2) is 11.4 Å². The zero-order valence-electron chi connectivity index (χ0n) is 8.91. The molecule has 0 N–H and O–H groups in total. The first-order valence-electron chi connectivity index (χ1n) is 4.73. The standard InChI is InChI=1S/C10H3Cl2F3N4/c11-6-2-1-5(3-7(6)12)19-9(10(13,14)15)8(4-16)17-18-19/h1-3H. The molecule has 4 nitrogen and oxygen atoms in total. The average Bonchev–Trinajstić information content (AvgIpc) is 2.76. The lowest BCUT2D eigenvalue weighted by molar-refractivity contribution is -0.143. The third-order valence-electron chi connectivity index (χ3n) is 2.19. The highest BCUT2D eigenvalue weighted by Crippen LogP contribution is 2.33. The molecule has 0 saturated carbocycles. The lowest BCUT2D eigenvalue weighted by atomic mass is 10.3. The van der Waals surface area contributed by atoms with E-state index in [1.165, 1.54) is 24.3 Å². The molecule has 0 aliphatic carbocycles. The van der Waals surface area contributed by atoms with E-state index < -0.39 is 17.6 Å². The monoisotopic (exact) mass is 306 g/mol. The lowest BCUT2D eigenvalue weighted by Crippen LogP contribution is -2.14. The topological polar surface area (TPSA) is 54.5 Å². The normalized spacial score (nSPS) is 11.4. The van der Waals surface area contributed by atoms with Crippen molar-refractivity contribution in [3.05, 3.63) is 39.6 Å². The van der Waals surface area contributed by atoms with E-state index in [1.807, 2.05) is 0 Å². The van der Waals surface area contributed by atoms with Crippen LogP contribution < -0.4 is 0 Å². The molecule has 0 saturated heterocycles. The molecule has 2 aromatic rings. The molecule has 0 atom stereocenters. The van der Waals surface area contributed by atoms with Crippen LogP contribution in [-0.2, 0) is 6.18 Å². The minimum absolute atomic E-state index is 0.00993. The van der Waals surface area contributed by atoms with E-state index in [1.54, 1.807) is 0 Å². The molecular formula is C10H3Cl2F3N4. The Morgan fingerprint density at radius 3 is 2.42 bits per heavy atom. The van der Waals surface area contributed by atoms with Crippen LogP contribution >= 0.6 is 23.2 Å². The van der Waals surface area contributed by atoms with Gasteiger partial charge in [0.2, 0.25) is 0 Å². The van der Waals surface area contributed by atoms with Gasteiger partial charge in [0.05, 0.1) is 15.7 Å². The molecule has 0 aliphatic heterocycles.